The molecular formula is C11H15N3O3. The molecule has 1 aromatic rings. The molecule has 0 heterocycles. The molecule has 6 heteroatoms. The summed E-state index contributed by atoms with van der Waals surface area (Å²) in [6.07, 6.45) is 0. The van der Waals surface area contributed by atoms with Crippen LogP contribution in [0.4, 0.5) is 5.69 Å². The van der Waals surface area contributed by atoms with Crippen LogP contribution in [-0.2, 0) is 21.0 Å². The second kappa shape index (κ2) is 6.62. The average Bonchev–Trinajstić information content (AvgIpc) is 2.25. The lowest BCUT2D eigenvalue weighted by Gasteiger charge is -2.10. The maximum atomic E-state index is 11.0. The van der Waals surface area contributed by atoms with E-state index in [1.165, 1.54) is 6.92 Å². The molecule has 0 saturated carbocycles. The van der Waals surface area contributed by atoms with Gasteiger partial charge in [-0.3, -0.25) is 14.4 Å². The van der Waals surface area contributed by atoms with Gasteiger partial charge in [0.05, 0.1) is 0 Å². The summed E-state index contributed by atoms with van der Waals surface area (Å²) in [6, 6.07) is 7.29. The monoisotopic (exact) mass is 237 g/mol. The molecule has 0 unspecified atom stereocenters. The molecule has 1 rings (SSSR count). The van der Waals surface area contributed by atoms with E-state index in [1.807, 2.05) is 18.2 Å². The third-order valence-corrected chi connectivity index (χ3v) is 1.91. The molecule has 0 bridgehead atoms. The molecule has 4 N–H and O–H groups in total. The molecule has 2 amide bonds. The van der Waals surface area contributed by atoms with Crippen molar-refractivity contribution in [3.05, 3.63) is 29.8 Å². The van der Waals surface area contributed by atoms with E-state index in [2.05, 4.69) is 10.8 Å². The fourth-order valence-electron chi connectivity index (χ4n) is 1.24. The molecule has 0 aromatic heterocycles. The number of nitrogens with two attached hydrogens (primary N) is 1. The Hall–Kier alpha value is -1.92. The van der Waals surface area contributed by atoms with Crippen molar-refractivity contribution in [2.45, 2.75) is 13.5 Å². The largest absolute Gasteiger partial charge is 0.368 e. The molecule has 0 spiro atoms. The van der Waals surface area contributed by atoms with Gasteiger partial charge in [-0.05, 0) is 11.6 Å². The SMILES string of the molecule is CC(=O)Nc1ccccc1CNOCC(N)=O. The number of carbonyl (C=O) groups excluding carboxylic acids is 2. The molecule has 0 fully saturated rings. The maximum Gasteiger partial charge on any atom is 0.245 e. The summed E-state index contributed by atoms with van der Waals surface area (Å²) < 4.78 is 0. The van der Waals surface area contributed by atoms with Gasteiger partial charge in [-0.2, -0.15) is 5.48 Å². The van der Waals surface area contributed by atoms with Crippen molar-refractivity contribution in [3.8, 4) is 0 Å². The van der Waals surface area contributed by atoms with E-state index in [9.17, 15) is 9.59 Å². The molecule has 0 aliphatic carbocycles. The molecule has 0 saturated heterocycles. The summed E-state index contributed by atoms with van der Waals surface area (Å²) in [5, 5.41) is 2.70. The zero-order valence-corrected chi connectivity index (χ0v) is 9.53. The van der Waals surface area contributed by atoms with Crippen LogP contribution in [0.1, 0.15) is 12.5 Å². The van der Waals surface area contributed by atoms with E-state index >= 15 is 0 Å². The smallest absolute Gasteiger partial charge is 0.245 e. The zero-order chi connectivity index (χ0) is 12.7. The normalized spacial score (nSPS) is 9.94. The molecule has 92 valence electrons. The number of rotatable bonds is 6. The van der Waals surface area contributed by atoms with Crippen LogP contribution in [0.3, 0.4) is 0 Å². The van der Waals surface area contributed by atoms with Crippen LogP contribution in [0.15, 0.2) is 24.3 Å². The highest BCUT2D eigenvalue weighted by Crippen LogP contribution is 2.14. The van der Waals surface area contributed by atoms with Crippen LogP contribution in [0.2, 0.25) is 0 Å². The molecule has 0 radical (unpaired) electrons. The number of primary amides is 1. The van der Waals surface area contributed by atoms with Crippen LogP contribution in [0, 0.1) is 0 Å². The van der Waals surface area contributed by atoms with Gasteiger partial charge in [-0.25, -0.2) is 0 Å². The van der Waals surface area contributed by atoms with Gasteiger partial charge in [0, 0.05) is 19.2 Å². The topological polar surface area (TPSA) is 93.4 Å². The number of amides is 2. The van der Waals surface area contributed by atoms with Crippen LogP contribution in [0.25, 0.3) is 0 Å². The van der Waals surface area contributed by atoms with Crippen molar-refractivity contribution in [2.24, 2.45) is 5.73 Å². The lowest BCUT2D eigenvalue weighted by molar-refractivity contribution is -0.125. The fourth-order valence-corrected chi connectivity index (χ4v) is 1.24. The average molecular weight is 237 g/mol. The lowest BCUT2D eigenvalue weighted by Crippen LogP contribution is -2.24. The van der Waals surface area contributed by atoms with E-state index in [0.29, 0.717) is 12.2 Å². The third kappa shape index (κ3) is 5.10. The lowest BCUT2D eigenvalue weighted by atomic mass is 10.2. The molecule has 17 heavy (non-hydrogen) atoms. The summed E-state index contributed by atoms with van der Waals surface area (Å²) in [5.41, 5.74) is 9.06. The van der Waals surface area contributed by atoms with Crippen LogP contribution in [0.5, 0.6) is 0 Å². The number of nitrogens with one attached hydrogen (secondary N) is 2. The molecule has 0 atom stereocenters. The highest BCUT2D eigenvalue weighted by Gasteiger charge is 2.03. The van der Waals surface area contributed by atoms with Gasteiger partial charge in [0.2, 0.25) is 11.8 Å². The van der Waals surface area contributed by atoms with E-state index < -0.39 is 5.91 Å². The maximum absolute atomic E-state index is 11.0. The number of hydrogen-bond acceptors (Lipinski definition) is 4. The van der Waals surface area contributed by atoms with E-state index in [1.54, 1.807) is 6.07 Å². The Labute approximate surface area is 99.1 Å². The molecule has 6 nitrogen and oxygen atoms in total. The second-order valence-corrected chi connectivity index (χ2v) is 3.41. The predicted molar refractivity (Wildman–Crippen MR) is 62.7 cm³/mol. The highest BCUT2D eigenvalue weighted by molar-refractivity contribution is 5.89. The minimum atomic E-state index is -0.548. The summed E-state index contributed by atoms with van der Waals surface area (Å²) in [7, 11) is 0. The quantitative estimate of drug-likeness (QED) is 0.485. The number of benzene rings is 1. The van der Waals surface area contributed by atoms with Gasteiger partial charge in [0.25, 0.3) is 0 Å². The molecule has 1 aromatic carbocycles. The minimum Gasteiger partial charge on any atom is -0.368 e. The van der Waals surface area contributed by atoms with Crippen molar-refractivity contribution in [3.63, 3.8) is 0 Å². The Bertz CT molecular complexity index is 407. The Balaban J connectivity index is 2.51. The van der Waals surface area contributed by atoms with Crippen molar-refractivity contribution < 1.29 is 14.4 Å². The molecular weight excluding hydrogens is 222 g/mol. The molecule has 0 aliphatic rings. The summed E-state index contributed by atoms with van der Waals surface area (Å²) >= 11 is 0. The number of hydrogen-bond donors (Lipinski definition) is 3. The van der Waals surface area contributed by atoms with Gasteiger partial charge >= 0.3 is 0 Å². The van der Waals surface area contributed by atoms with Gasteiger partial charge < -0.3 is 11.1 Å². The Morgan fingerprint density at radius 3 is 2.71 bits per heavy atom. The number of anilines is 1. The van der Waals surface area contributed by atoms with Crippen LogP contribution < -0.4 is 16.5 Å². The van der Waals surface area contributed by atoms with Crippen molar-refractivity contribution >= 4 is 17.5 Å². The summed E-state index contributed by atoms with van der Waals surface area (Å²) in [5.74, 6) is -0.692. The first-order valence-corrected chi connectivity index (χ1v) is 5.08. The van der Waals surface area contributed by atoms with Crippen molar-refractivity contribution in [1.82, 2.24) is 5.48 Å². The number of hydroxylamine groups is 1. The van der Waals surface area contributed by atoms with E-state index in [4.69, 9.17) is 10.6 Å². The van der Waals surface area contributed by atoms with Gasteiger partial charge in [0.1, 0.15) is 6.61 Å². The highest BCUT2D eigenvalue weighted by atomic mass is 16.6. The van der Waals surface area contributed by atoms with E-state index in [-0.39, 0.29) is 12.5 Å². The Morgan fingerprint density at radius 1 is 1.35 bits per heavy atom. The Kier molecular flexibility index (Phi) is 5.12. The summed E-state index contributed by atoms with van der Waals surface area (Å²) in [6.45, 7) is 1.61. The number of para-hydroxylation sites is 1. The van der Waals surface area contributed by atoms with Gasteiger partial charge in [-0.1, -0.05) is 18.2 Å². The fraction of sp³-hybridized carbons (Fsp3) is 0.273. The van der Waals surface area contributed by atoms with E-state index in [0.717, 1.165) is 5.56 Å². The number of carbonyl (C=O) groups is 2. The first kappa shape index (κ1) is 13.1. The van der Waals surface area contributed by atoms with Crippen LogP contribution >= 0.6 is 0 Å². The predicted octanol–water partition coefficient (Wildman–Crippen LogP) is 0.151. The first-order valence-electron chi connectivity index (χ1n) is 5.08. The van der Waals surface area contributed by atoms with Crippen molar-refractivity contribution in [2.75, 3.05) is 11.9 Å². The zero-order valence-electron chi connectivity index (χ0n) is 9.53. The standard InChI is InChI=1S/C11H15N3O3/c1-8(15)14-10-5-3-2-4-9(10)6-13-17-7-11(12)16/h2-5,13H,6-7H2,1H3,(H2,12,16)(H,14,15). The summed E-state index contributed by atoms with van der Waals surface area (Å²) in [4.78, 5) is 26.2. The molecule has 0 aliphatic heterocycles. The minimum absolute atomic E-state index is 0.143. The van der Waals surface area contributed by atoms with Gasteiger partial charge in [0.15, 0.2) is 0 Å². The first-order chi connectivity index (χ1) is 8.09. The second-order valence-electron chi connectivity index (χ2n) is 3.41. The van der Waals surface area contributed by atoms with Crippen LogP contribution in [-0.4, -0.2) is 18.4 Å². The Morgan fingerprint density at radius 2 is 2.06 bits per heavy atom. The van der Waals surface area contributed by atoms with Crippen molar-refractivity contribution in [1.29, 1.82) is 0 Å². The van der Waals surface area contributed by atoms with Gasteiger partial charge in [-0.15, -0.1) is 0 Å². The third-order valence-electron chi connectivity index (χ3n) is 1.91.